The van der Waals surface area contributed by atoms with Crippen LogP contribution in [0.4, 0.5) is 4.39 Å². The average Bonchev–Trinajstić information content (AvgIpc) is 3.12. The minimum absolute atomic E-state index is 0.239. The van der Waals surface area contributed by atoms with Gasteiger partial charge in [0.15, 0.2) is 0 Å². The highest BCUT2D eigenvalue weighted by Gasteiger charge is 2.22. The molecule has 5 heteroatoms. The summed E-state index contributed by atoms with van der Waals surface area (Å²) in [5.41, 5.74) is 4.99. The molecular formula is C24H28FN3O. The molecule has 1 aliphatic rings. The molecule has 3 aromatic rings. The fourth-order valence-corrected chi connectivity index (χ4v) is 4.21. The van der Waals surface area contributed by atoms with Crippen molar-refractivity contribution >= 4 is 0 Å². The monoisotopic (exact) mass is 393 g/mol. The largest absolute Gasteiger partial charge is 0.384 e. The lowest BCUT2D eigenvalue weighted by Gasteiger charge is -2.32. The van der Waals surface area contributed by atoms with Gasteiger partial charge < -0.3 is 4.74 Å². The van der Waals surface area contributed by atoms with Crippen molar-refractivity contribution in [3.05, 3.63) is 71.7 Å². The van der Waals surface area contributed by atoms with Gasteiger partial charge in [-0.25, -0.2) is 9.07 Å². The summed E-state index contributed by atoms with van der Waals surface area (Å²) < 4.78 is 21.2. The molecule has 2 heterocycles. The van der Waals surface area contributed by atoms with Crippen molar-refractivity contribution in [1.29, 1.82) is 0 Å². The summed E-state index contributed by atoms with van der Waals surface area (Å²) in [6.07, 6.45) is 4.48. The van der Waals surface area contributed by atoms with Crippen LogP contribution >= 0.6 is 0 Å². The maximum absolute atomic E-state index is 13.9. The number of likely N-dealkylation sites (tertiary alicyclic amines) is 1. The molecule has 0 amide bonds. The lowest BCUT2D eigenvalue weighted by Crippen LogP contribution is -2.36. The Morgan fingerprint density at radius 3 is 2.83 bits per heavy atom. The fraction of sp³-hybridized carbons (Fsp3) is 0.375. The van der Waals surface area contributed by atoms with Gasteiger partial charge in [-0.05, 0) is 62.1 Å². The third-order valence-corrected chi connectivity index (χ3v) is 5.55. The number of hydrogen-bond acceptors (Lipinski definition) is 3. The van der Waals surface area contributed by atoms with E-state index in [4.69, 9.17) is 9.84 Å². The average molecular weight is 394 g/mol. The maximum atomic E-state index is 13.9. The van der Waals surface area contributed by atoms with E-state index in [-0.39, 0.29) is 5.82 Å². The third-order valence-electron chi connectivity index (χ3n) is 5.55. The van der Waals surface area contributed by atoms with Crippen molar-refractivity contribution in [2.45, 2.75) is 26.3 Å². The number of nitrogens with zero attached hydrogens (tertiary/aromatic N) is 3. The molecule has 2 aromatic carbocycles. The van der Waals surface area contributed by atoms with E-state index in [1.54, 1.807) is 19.2 Å². The Morgan fingerprint density at radius 1 is 1.17 bits per heavy atom. The molecule has 1 fully saturated rings. The van der Waals surface area contributed by atoms with Gasteiger partial charge in [0, 0.05) is 37.5 Å². The number of hydrogen-bond donors (Lipinski definition) is 0. The van der Waals surface area contributed by atoms with Crippen LogP contribution in [0.5, 0.6) is 0 Å². The van der Waals surface area contributed by atoms with Crippen molar-refractivity contribution in [2.24, 2.45) is 5.92 Å². The zero-order chi connectivity index (χ0) is 20.2. The lowest BCUT2D eigenvalue weighted by molar-refractivity contribution is 0.0874. The van der Waals surface area contributed by atoms with Crippen LogP contribution in [0, 0.1) is 18.7 Å². The molecular weight excluding hydrogens is 365 g/mol. The van der Waals surface area contributed by atoms with E-state index < -0.39 is 0 Å². The normalized spacial score (nSPS) is 17.6. The van der Waals surface area contributed by atoms with E-state index in [1.165, 1.54) is 24.5 Å². The predicted octanol–water partition coefficient (Wildman–Crippen LogP) is 4.85. The molecule has 0 aliphatic carbocycles. The molecule has 1 aromatic heterocycles. The van der Waals surface area contributed by atoms with Gasteiger partial charge in [-0.2, -0.15) is 5.10 Å². The third kappa shape index (κ3) is 4.74. The van der Waals surface area contributed by atoms with Crippen LogP contribution in [0.15, 0.2) is 54.7 Å². The minimum atomic E-state index is -0.239. The van der Waals surface area contributed by atoms with Crippen LogP contribution in [0.25, 0.3) is 16.9 Å². The van der Waals surface area contributed by atoms with Crippen LogP contribution < -0.4 is 0 Å². The summed E-state index contributed by atoms with van der Waals surface area (Å²) in [6, 6.07) is 15.0. The van der Waals surface area contributed by atoms with E-state index in [9.17, 15) is 4.39 Å². The summed E-state index contributed by atoms with van der Waals surface area (Å²) in [4.78, 5) is 2.47. The van der Waals surface area contributed by atoms with E-state index in [0.29, 0.717) is 5.92 Å². The molecule has 0 bridgehead atoms. The standard InChI is InChI=1S/C24H28FN3O/c1-18-6-3-10-23(12-18)28-16-21(15-27-11-5-7-19(14-27)17-29-2)24(26-28)20-8-4-9-22(25)13-20/h3-4,6,8-10,12-13,16,19H,5,7,11,14-15,17H2,1-2H3. The first-order chi connectivity index (χ1) is 14.1. The Hall–Kier alpha value is -2.50. The van der Waals surface area contributed by atoms with Gasteiger partial charge >= 0.3 is 0 Å². The van der Waals surface area contributed by atoms with Crippen molar-refractivity contribution in [3.8, 4) is 16.9 Å². The van der Waals surface area contributed by atoms with Gasteiger partial charge in [0.2, 0.25) is 0 Å². The molecule has 152 valence electrons. The molecule has 1 atom stereocenters. The van der Waals surface area contributed by atoms with E-state index in [1.807, 2.05) is 16.8 Å². The molecule has 0 saturated carbocycles. The van der Waals surface area contributed by atoms with Crippen LogP contribution in [-0.4, -0.2) is 41.5 Å². The fourth-order valence-electron chi connectivity index (χ4n) is 4.21. The Balaban J connectivity index is 1.67. The smallest absolute Gasteiger partial charge is 0.123 e. The van der Waals surface area contributed by atoms with E-state index >= 15 is 0 Å². The predicted molar refractivity (Wildman–Crippen MR) is 114 cm³/mol. The highest BCUT2D eigenvalue weighted by Crippen LogP contribution is 2.27. The first kappa shape index (κ1) is 19.8. The molecule has 1 unspecified atom stereocenters. The first-order valence-corrected chi connectivity index (χ1v) is 10.2. The summed E-state index contributed by atoms with van der Waals surface area (Å²) in [5, 5.41) is 4.85. The van der Waals surface area contributed by atoms with Gasteiger partial charge in [-0.15, -0.1) is 0 Å². The molecule has 0 N–H and O–H groups in total. The lowest BCUT2D eigenvalue weighted by atomic mass is 9.98. The van der Waals surface area contributed by atoms with Crippen molar-refractivity contribution in [2.75, 3.05) is 26.8 Å². The summed E-state index contributed by atoms with van der Waals surface area (Å²) in [7, 11) is 1.77. The summed E-state index contributed by atoms with van der Waals surface area (Å²) in [5.74, 6) is 0.329. The highest BCUT2D eigenvalue weighted by atomic mass is 19.1. The van der Waals surface area contributed by atoms with Crippen molar-refractivity contribution in [3.63, 3.8) is 0 Å². The number of aromatic nitrogens is 2. The molecule has 29 heavy (non-hydrogen) atoms. The van der Waals surface area contributed by atoms with Crippen LogP contribution in [0.2, 0.25) is 0 Å². The number of aryl methyl sites for hydroxylation is 1. The summed E-state index contributed by atoms with van der Waals surface area (Å²) >= 11 is 0. The minimum Gasteiger partial charge on any atom is -0.384 e. The molecule has 1 saturated heterocycles. The number of ether oxygens (including phenoxy) is 1. The van der Waals surface area contributed by atoms with Gasteiger partial charge in [0.25, 0.3) is 0 Å². The molecule has 0 spiro atoms. The Bertz CT molecular complexity index is 966. The molecule has 4 rings (SSSR count). The zero-order valence-electron chi connectivity index (χ0n) is 17.1. The quantitative estimate of drug-likeness (QED) is 0.600. The SMILES string of the molecule is COCC1CCCN(Cc2cn(-c3cccc(C)c3)nc2-c2cccc(F)c2)C1. The number of methoxy groups -OCH3 is 1. The van der Waals surface area contributed by atoms with E-state index in [2.05, 4.69) is 36.2 Å². The molecule has 4 nitrogen and oxygen atoms in total. The van der Waals surface area contributed by atoms with Gasteiger partial charge in [0.05, 0.1) is 18.0 Å². The second kappa shape index (κ2) is 8.89. The Kier molecular flexibility index (Phi) is 6.07. The van der Waals surface area contributed by atoms with E-state index in [0.717, 1.165) is 48.7 Å². The van der Waals surface area contributed by atoms with Gasteiger partial charge in [0.1, 0.15) is 5.82 Å². The first-order valence-electron chi connectivity index (χ1n) is 10.2. The van der Waals surface area contributed by atoms with Gasteiger partial charge in [-0.3, -0.25) is 4.90 Å². The molecule has 1 aliphatic heterocycles. The number of benzene rings is 2. The number of piperidine rings is 1. The van der Waals surface area contributed by atoms with Crippen LogP contribution in [-0.2, 0) is 11.3 Å². The van der Waals surface area contributed by atoms with Crippen molar-refractivity contribution < 1.29 is 9.13 Å². The van der Waals surface area contributed by atoms with Crippen LogP contribution in [0.3, 0.4) is 0 Å². The zero-order valence-corrected chi connectivity index (χ0v) is 17.1. The maximum Gasteiger partial charge on any atom is 0.123 e. The second-order valence-corrected chi connectivity index (χ2v) is 8.00. The Morgan fingerprint density at radius 2 is 2.03 bits per heavy atom. The highest BCUT2D eigenvalue weighted by molar-refractivity contribution is 5.63. The van der Waals surface area contributed by atoms with Gasteiger partial charge in [-0.1, -0.05) is 24.3 Å². The van der Waals surface area contributed by atoms with Crippen molar-refractivity contribution in [1.82, 2.24) is 14.7 Å². The topological polar surface area (TPSA) is 30.3 Å². The Labute approximate surface area is 171 Å². The van der Waals surface area contributed by atoms with Crippen LogP contribution in [0.1, 0.15) is 24.0 Å². The second-order valence-electron chi connectivity index (χ2n) is 8.00. The number of halogens is 1. The molecule has 0 radical (unpaired) electrons. The number of rotatable bonds is 6. The summed E-state index contributed by atoms with van der Waals surface area (Å²) in [6.45, 7) is 5.77.